The highest BCUT2D eigenvalue weighted by Gasteiger charge is 2.39. The predicted octanol–water partition coefficient (Wildman–Crippen LogP) is 2.96. The zero-order chi connectivity index (χ0) is 12.6. The van der Waals surface area contributed by atoms with Gasteiger partial charge < -0.3 is 5.11 Å². The lowest BCUT2D eigenvalue weighted by molar-refractivity contribution is 0.00782. The third-order valence-corrected chi connectivity index (χ3v) is 4.58. The van der Waals surface area contributed by atoms with Gasteiger partial charge in [0, 0.05) is 13.0 Å². The van der Waals surface area contributed by atoms with Gasteiger partial charge >= 0.3 is 0 Å². The Morgan fingerprint density at radius 3 is 2.82 bits per heavy atom. The summed E-state index contributed by atoms with van der Waals surface area (Å²) in [6.07, 6.45) is 3.71. The molecule has 0 bridgehead atoms. The van der Waals surface area contributed by atoms with Gasteiger partial charge in [-0.1, -0.05) is 24.9 Å². The molecule has 0 aliphatic heterocycles. The average Bonchev–Trinajstić information content (AvgIpc) is 2.75. The molecule has 0 spiro atoms. The maximum atomic E-state index is 10.7. The normalized spacial score (nSPS) is 28.9. The Bertz CT molecular complexity index is 416. The molecule has 3 nitrogen and oxygen atoms in total. The van der Waals surface area contributed by atoms with Crippen LogP contribution in [-0.4, -0.2) is 20.5 Å². The Hall–Kier alpha value is -0.540. The second-order valence-electron chi connectivity index (χ2n) is 5.24. The summed E-state index contributed by atoms with van der Waals surface area (Å²) >= 11 is 6.29. The first-order valence-electron chi connectivity index (χ1n) is 6.42. The molecule has 4 heteroatoms. The summed E-state index contributed by atoms with van der Waals surface area (Å²) < 4.78 is 1.92. The van der Waals surface area contributed by atoms with Gasteiger partial charge in [0.2, 0.25) is 0 Å². The van der Waals surface area contributed by atoms with E-state index in [0.29, 0.717) is 12.3 Å². The van der Waals surface area contributed by atoms with E-state index in [-0.39, 0.29) is 0 Å². The number of aliphatic hydroxyl groups is 1. The van der Waals surface area contributed by atoms with Gasteiger partial charge in [-0.25, -0.2) is 0 Å². The number of aryl methyl sites for hydroxylation is 2. The summed E-state index contributed by atoms with van der Waals surface area (Å²) in [6.45, 7) is 6.89. The highest BCUT2D eigenvalue weighted by Crippen LogP contribution is 2.39. The summed E-state index contributed by atoms with van der Waals surface area (Å²) in [5, 5.41) is 15.8. The minimum absolute atomic E-state index is 0.346. The summed E-state index contributed by atoms with van der Waals surface area (Å²) in [4.78, 5) is 0. The van der Waals surface area contributed by atoms with Gasteiger partial charge in [0.15, 0.2) is 0 Å². The van der Waals surface area contributed by atoms with E-state index >= 15 is 0 Å². The SMILES string of the molecule is CCn1nc(C)c(Cl)c1CC1(O)CCCC1C. The van der Waals surface area contributed by atoms with Crippen molar-refractivity contribution in [1.29, 1.82) is 0 Å². The quantitative estimate of drug-likeness (QED) is 0.903. The lowest BCUT2D eigenvalue weighted by Gasteiger charge is -2.28. The number of hydrogen-bond acceptors (Lipinski definition) is 2. The first kappa shape index (κ1) is 12.9. The molecule has 0 saturated heterocycles. The maximum Gasteiger partial charge on any atom is 0.0848 e. The van der Waals surface area contributed by atoms with Crippen molar-refractivity contribution in [2.75, 3.05) is 0 Å². The van der Waals surface area contributed by atoms with Crippen LogP contribution in [0.2, 0.25) is 5.02 Å². The Morgan fingerprint density at radius 2 is 2.29 bits per heavy atom. The molecule has 1 heterocycles. The smallest absolute Gasteiger partial charge is 0.0848 e. The Balaban J connectivity index is 2.29. The van der Waals surface area contributed by atoms with Crippen molar-refractivity contribution in [2.24, 2.45) is 5.92 Å². The second-order valence-corrected chi connectivity index (χ2v) is 5.61. The zero-order valence-electron chi connectivity index (χ0n) is 10.8. The van der Waals surface area contributed by atoms with Crippen LogP contribution >= 0.6 is 11.6 Å². The molecule has 96 valence electrons. The van der Waals surface area contributed by atoms with Crippen LogP contribution in [-0.2, 0) is 13.0 Å². The molecule has 2 atom stereocenters. The van der Waals surface area contributed by atoms with Crippen molar-refractivity contribution in [1.82, 2.24) is 9.78 Å². The summed E-state index contributed by atoms with van der Waals surface area (Å²) in [5.41, 5.74) is 1.25. The highest BCUT2D eigenvalue weighted by molar-refractivity contribution is 6.31. The first-order valence-corrected chi connectivity index (χ1v) is 6.80. The van der Waals surface area contributed by atoms with Gasteiger partial charge in [-0.05, 0) is 32.6 Å². The molecule has 2 unspecified atom stereocenters. The molecule has 1 aromatic heterocycles. The lowest BCUT2D eigenvalue weighted by atomic mass is 9.87. The second kappa shape index (κ2) is 4.62. The molecule has 1 aliphatic rings. The van der Waals surface area contributed by atoms with Gasteiger partial charge in [0.05, 0.1) is 22.0 Å². The van der Waals surface area contributed by atoms with Crippen LogP contribution in [0.4, 0.5) is 0 Å². The first-order chi connectivity index (χ1) is 7.98. The standard InChI is InChI=1S/C13H21ClN2O/c1-4-16-11(12(14)10(3)15-16)8-13(17)7-5-6-9(13)2/h9,17H,4-8H2,1-3H3. The van der Waals surface area contributed by atoms with Crippen molar-refractivity contribution in [3.8, 4) is 0 Å². The number of hydrogen-bond donors (Lipinski definition) is 1. The molecule has 0 aromatic carbocycles. The molecule has 0 radical (unpaired) electrons. The molecule has 1 N–H and O–H groups in total. The van der Waals surface area contributed by atoms with E-state index in [4.69, 9.17) is 11.6 Å². The predicted molar refractivity (Wildman–Crippen MR) is 69.3 cm³/mol. The number of aromatic nitrogens is 2. The Labute approximate surface area is 108 Å². The highest BCUT2D eigenvalue weighted by atomic mass is 35.5. The maximum absolute atomic E-state index is 10.7. The number of rotatable bonds is 3. The molecular formula is C13H21ClN2O. The lowest BCUT2D eigenvalue weighted by Crippen LogP contribution is -2.35. The fourth-order valence-corrected chi connectivity index (χ4v) is 3.02. The molecule has 2 rings (SSSR count). The number of nitrogens with zero attached hydrogens (tertiary/aromatic N) is 2. The van der Waals surface area contributed by atoms with Gasteiger partial charge in [-0.15, -0.1) is 0 Å². The van der Waals surface area contributed by atoms with E-state index in [9.17, 15) is 5.11 Å². The summed E-state index contributed by atoms with van der Waals surface area (Å²) in [5.74, 6) is 0.346. The fraction of sp³-hybridized carbons (Fsp3) is 0.769. The molecule has 1 aliphatic carbocycles. The topological polar surface area (TPSA) is 38.0 Å². The average molecular weight is 257 g/mol. The van der Waals surface area contributed by atoms with Gasteiger partial charge in [-0.2, -0.15) is 5.10 Å². The van der Waals surface area contributed by atoms with Crippen LogP contribution in [0.1, 0.15) is 44.5 Å². The Morgan fingerprint density at radius 1 is 1.59 bits per heavy atom. The molecule has 17 heavy (non-hydrogen) atoms. The molecule has 1 fully saturated rings. The van der Waals surface area contributed by atoms with Crippen LogP contribution in [0, 0.1) is 12.8 Å². The minimum Gasteiger partial charge on any atom is -0.389 e. The fourth-order valence-electron chi connectivity index (χ4n) is 2.82. The largest absolute Gasteiger partial charge is 0.389 e. The van der Waals surface area contributed by atoms with E-state index in [1.54, 1.807) is 0 Å². The van der Waals surface area contributed by atoms with Crippen LogP contribution in [0.3, 0.4) is 0 Å². The van der Waals surface area contributed by atoms with Crippen molar-refractivity contribution in [2.45, 2.75) is 58.6 Å². The number of halogens is 1. The van der Waals surface area contributed by atoms with Crippen LogP contribution in [0.15, 0.2) is 0 Å². The van der Waals surface area contributed by atoms with Crippen molar-refractivity contribution in [3.05, 3.63) is 16.4 Å². The van der Waals surface area contributed by atoms with E-state index in [0.717, 1.165) is 42.2 Å². The summed E-state index contributed by atoms with van der Waals surface area (Å²) in [7, 11) is 0. The van der Waals surface area contributed by atoms with Gasteiger partial charge in [0.1, 0.15) is 0 Å². The minimum atomic E-state index is -0.594. The molecule has 1 saturated carbocycles. The van der Waals surface area contributed by atoms with E-state index in [2.05, 4.69) is 12.0 Å². The van der Waals surface area contributed by atoms with Crippen LogP contribution in [0.5, 0.6) is 0 Å². The van der Waals surface area contributed by atoms with Crippen LogP contribution in [0.25, 0.3) is 0 Å². The third-order valence-electron chi connectivity index (χ3n) is 4.09. The van der Waals surface area contributed by atoms with Gasteiger partial charge in [0.25, 0.3) is 0 Å². The van der Waals surface area contributed by atoms with E-state index in [1.165, 1.54) is 0 Å². The molecular weight excluding hydrogens is 236 g/mol. The third kappa shape index (κ3) is 2.23. The van der Waals surface area contributed by atoms with Crippen molar-refractivity contribution in [3.63, 3.8) is 0 Å². The van der Waals surface area contributed by atoms with Crippen molar-refractivity contribution < 1.29 is 5.11 Å². The van der Waals surface area contributed by atoms with Crippen molar-refractivity contribution >= 4 is 11.6 Å². The summed E-state index contributed by atoms with van der Waals surface area (Å²) in [6, 6.07) is 0. The van der Waals surface area contributed by atoms with Crippen LogP contribution < -0.4 is 0 Å². The zero-order valence-corrected chi connectivity index (χ0v) is 11.6. The van der Waals surface area contributed by atoms with Gasteiger partial charge in [-0.3, -0.25) is 4.68 Å². The molecule has 1 aromatic rings. The van der Waals surface area contributed by atoms with E-state index < -0.39 is 5.60 Å². The monoisotopic (exact) mass is 256 g/mol. The molecule has 0 amide bonds. The Kier molecular flexibility index (Phi) is 3.50. The van der Waals surface area contributed by atoms with E-state index in [1.807, 2.05) is 18.5 Å².